The van der Waals surface area contributed by atoms with Crippen molar-refractivity contribution >= 4 is 78.7 Å². The summed E-state index contributed by atoms with van der Waals surface area (Å²) in [6, 6.07) is 6.10. The summed E-state index contributed by atoms with van der Waals surface area (Å²) in [6.07, 6.45) is 0.541. The van der Waals surface area contributed by atoms with E-state index in [2.05, 4.69) is 15.3 Å². The zero-order valence-electron chi connectivity index (χ0n) is 26.9. The minimum Gasteiger partial charge on any atom is -0.444 e. The molecular weight excluding hydrogens is 670 g/mol. The number of carbonyl (C=O) groups is 2. The van der Waals surface area contributed by atoms with Gasteiger partial charge >= 0.3 is 12.2 Å². The summed E-state index contributed by atoms with van der Waals surface area (Å²) >= 11 is 8.88. The number of ether oxygens (including phenoxy) is 2. The third-order valence-electron chi connectivity index (χ3n) is 7.04. The van der Waals surface area contributed by atoms with Gasteiger partial charge in [-0.2, -0.15) is 5.26 Å². The van der Waals surface area contributed by atoms with Crippen LogP contribution >= 0.6 is 34.7 Å². The lowest BCUT2D eigenvalue weighted by molar-refractivity contribution is 0.0240. The smallest absolute Gasteiger partial charge is 0.412 e. The molecule has 0 atom stereocenters. The third kappa shape index (κ3) is 7.17. The molecule has 5 rings (SSSR count). The lowest BCUT2D eigenvalue weighted by atomic mass is 9.97. The molecule has 1 fully saturated rings. The Labute approximate surface area is 284 Å². The van der Waals surface area contributed by atoms with Crippen LogP contribution in [0.5, 0.6) is 0 Å². The van der Waals surface area contributed by atoms with Crippen molar-refractivity contribution in [3.63, 3.8) is 0 Å². The van der Waals surface area contributed by atoms with Crippen molar-refractivity contribution in [1.82, 2.24) is 14.9 Å². The highest BCUT2D eigenvalue weighted by Gasteiger charge is 2.30. The Hall–Kier alpha value is -3.93. The average molecular weight is 703 g/mol. The molecule has 248 valence electrons. The lowest BCUT2D eigenvalue weighted by Crippen LogP contribution is -2.50. The summed E-state index contributed by atoms with van der Waals surface area (Å²) in [4.78, 5) is 37.9. The number of amides is 2. The second-order valence-electron chi connectivity index (χ2n) is 12.8. The van der Waals surface area contributed by atoms with Crippen LogP contribution in [0.25, 0.3) is 32.1 Å². The van der Waals surface area contributed by atoms with Crippen LogP contribution in [0, 0.1) is 23.0 Å². The number of aromatic nitrogens is 2. The highest BCUT2D eigenvalue weighted by molar-refractivity contribution is 7.98. The fourth-order valence-corrected chi connectivity index (χ4v) is 6.86. The standard InChI is InChI=1S/C32H33ClF2N6O4S2/c1-31(2,3)44-29(42)39-27-18(15-36)21-16(8-9-20(34)25(21)47-27)22-19(33)14-17-24(23(22)35)37-28(46-7)38-26(17)40-10-12-41(13-11-40)30(43)45-32(4,5)6/h8-9,14H,10-13H2,1-7H3,(H,39,42). The normalized spacial score (nSPS) is 14.0. The van der Waals surface area contributed by atoms with Gasteiger partial charge in [0, 0.05) is 42.5 Å². The minimum atomic E-state index is -0.821. The van der Waals surface area contributed by atoms with Crippen molar-refractivity contribution in [1.29, 1.82) is 5.26 Å². The number of halogens is 3. The van der Waals surface area contributed by atoms with E-state index in [0.717, 1.165) is 17.4 Å². The first-order valence-corrected chi connectivity index (χ1v) is 17.0. The summed E-state index contributed by atoms with van der Waals surface area (Å²) in [6.45, 7) is 12.0. The van der Waals surface area contributed by atoms with E-state index in [1.165, 1.54) is 17.8 Å². The molecule has 0 radical (unpaired) electrons. The second-order valence-corrected chi connectivity index (χ2v) is 15.0. The maximum atomic E-state index is 16.7. The molecule has 1 aliphatic heterocycles. The number of rotatable bonds is 4. The van der Waals surface area contributed by atoms with Crippen LogP contribution in [0.15, 0.2) is 23.4 Å². The van der Waals surface area contributed by atoms with E-state index in [0.29, 0.717) is 42.5 Å². The molecule has 47 heavy (non-hydrogen) atoms. The number of anilines is 2. The number of benzene rings is 2. The summed E-state index contributed by atoms with van der Waals surface area (Å²) in [5.74, 6) is -0.972. The maximum Gasteiger partial charge on any atom is 0.412 e. The third-order valence-corrected chi connectivity index (χ3v) is 9.00. The van der Waals surface area contributed by atoms with Crippen LogP contribution < -0.4 is 10.2 Å². The van der Waals surface area contributed by atoms with Crippen molar-refractivity contribution in [2.24, 2.45) is 0 Å². The van der Waals surface area contributed by atoms with Gasteiger partial charge in [-0.25, -0.2) is 28.3 Å². The lowest BCUT2D eigenvalue weighted by Gasteiger charge is -2.36. The van der Waals surface area contributed by atoms with E-state index in [9.17, 15) is 14.9 Å². The number of nitrogens with one attached hydrogen (secondary N) is 1. The van der Waals surface area contributed by atoms with Gasteiger partial charge in [-0.1, -0.05) is 29.4 Å². The molecule has 2 aromatic heterocycles. The fraction of sp³-hybridized carbons (Fsp3) is 0.406. The molecule has 3 heterocycles. The van der Waals surface area contributed by atoms with Crippen LogP contribution in [0.1, 0.15) is 47.1 Å². The molecular formula is C32H33ClF2N6O4S2. The second kappa shape index (κ2) is 12.9. The molecule has 0 aliphatic carbocycles. The van der Waals surface area contributed by atoms with E-state index in [1.807, 2.05) is 11.0 Å². The summed E-state index contributed by atoms with van der Waals surface area (Å²) in [5.41, 5.74) is -1.42. The SMILES string of the molecule is CSc1nc(N2CCN(C(=O)OC(C)(C)C)CC2)c2cc(Cl)c(-c3ccc(F)c4sc(NC(=O)OC(C)(C)C)c(C#N)c34)c(F)c2n1. The van der Waals surface area contributed by atoms with Gasteiger partial charge in [-0.3, -0.25) is 5.32 Å². The number of thiophene rings is 1. The van der Waals surface area contributed by atoms with Crippen LogP contribution in [0.4, 0.5) is 29.2 Å². The highest BCUT2D eigenvalue weighted by atomic mass is 35.5. The molecule has 15 heteroatoms. The van der Waals surface area contributed by atoms with Gasteiger partial charge in [0.1, 0.15) is 39.4 Å². The summed E-state index contributed by atoms with van der Waals surface area (Å²) in [7, 11) is 0. The van der Waals surface area contributed by atoms with Crippen molar-refractivity contribution in [2.75, 3.05) is 42.7 Å². The molecule has 1 aliphatic rings. The number of fused-ring (bicyclic) bond motifs is 2. The molecule has 10 nitrogen and oxygen atoms in total. The predicted molar refractivity (Wildman–Crippen MR) is 182 cm³/mol. The van der Waals surface area contributed by atoms with E-state index in [-0.39, 0.29) is 42.3 Å². The van der Waals surface area contributed by atoms with E-state index in [1.54, 1.807) is 58.8 Å². The van der Waals surface area contributed by atoms with Gasteiger partial charge in [0.2, 0.25) is 0 Å². The van der Waals surface area contributed by atoms with Gasteiger partial charge < -0.3 is 19.3 Å². The average Bonchev–Trinajstić information content (AvgIpc) is 3.34. The van der Waals surface area contributed by atoms with E-state index < -0.39 is 35.0 Å². The molecule has 2 amide bonds. The number of nitrogens with zero attached hydrogens (tertiary/aromatic N) is 5. The minimum absolute atomic E-state index is 0.00575. The first-order valence-electron chi connectivity index (χ1n) is 14.6. The Morgan fingerprint density at radius 3 is 2.32 bits per heavy atom. The molecule has 0 bridgehead atoms. The number of nitriles is 1. The number of piperazine rings is 1. The fourth-order valence-electron chi connectivity index (χ4n) is 5.14. The molecule has 0 unspecified atom stereocenters. The van der Waals surface area contributed by atoms with Crippen molar-refractivity contribution in [3.8, 4) is 17.2 Å². The Kier molecular flexibility index (Phi) is 9.47. The zero-order valence-corrected chi connectivity index (χ0v) is 29.3. The van der Waals surface area contributed by atoms with Crippen molar-refractivity contribution < 1.29 is 27.8 Å². The molecule has 0 saturated carbocycles. The van der Waals surface area contributed by atoms with Gasteiger partial charge in [-0.15, -0.1) is 11.3 Å². The van der Waals surface area contributed by atoms with Crippen LogP contribution in [0.2, 0.25) is 5.02 Å². The van der Waals surface area contributed by atoms with Gasteiger partial charge in [0.05, 0.1) is 15.3 Å². The Bertz CT molecular complexity index is 1940. The first kappa shape index (κ1) is 34.4. The molecule has 0 spiro atoms. The van der Waals surface area contributed by atoms with Crippen LogP contribution in [0.3, 0.4) is 0 Å². The quantitative estimate of drug-likeness (QED) is 0.165. The summed E-state index contributed by atoms with van der Waals surface area (Å²) < 4.78 is 42.8. The number of carbonyl (C=O) groups excluding carboxylic acids is 2. The number of hydrogen-bond donors (Lipinski definition) is 1. The molecule has 2 aromatic carbocycles. The maximum absolute atomic E-state index is 16.7. The summed E-state index contributed by atoms with van der Waals surface area (Å²) in [5, 5.41) is 13.5. The molecule has 1 saturated heterocycles. The molecule has 1 N–H and O–H groups in total. The van der Waals surface area contributed by atoms with Crippen LogP contribution in [-0.2, 0) is 9.47 Å². The Morgan fingerprint density at radius 2 is 1.72 bits per heavy atom. The number of thioether (sulfide) groups is 1. The van der Waals surface area contributed by atoms with E-state index in [4.69, 9.17) is 21.1 Å². The van der Waals surface area contributed by atoms with E-state index >= 15 is 8.78 Å². The highest BCUT2D eigenvalue weighted by Crippen LogP contribution is 2.46. The first-order chi connectivity index (χ1) is 22.0. The van der Waals surface area contributed by atoms with Gasteiger partial charge in [0.25, 0.3) is 0 Å². The van der Waals surface area contributed by atoms with Crippen LogP contribution in [-0.4, -0.2) is 70.7 Å². The zero-order chi connectivity index (χ0) is 34.4. The number of hydrogen-bond acceptors (Lipinski definition) is 10. The Morgan fingerprint density at radius 1 is 1.06 bits per heavy atom. The van der Waals surface area contributed by atoms with Gasteiger partial charge in [-0.05, 0) is 65.5 Å². The topological polar surface area (TPSA) is 121 Å². The predicted octanol–water partition coefficient (Wildman–Crippen LogP) is 8.44. The van der Waals surface area contributed by atoms with Crippen molar-refractivity contribution in [2.45, 2.75) is 57.9 Å². The Balaban J connectivity index is 1.59. The monoisotopic (exact) mass is 702 g/mol. The van der Waals surface area contributed by atoms with Crippen molar-refractivity contribution in [3.05, 3.63) is 40.4 Å². The largest absolute Gasteiger partial charge is 0.444 e. The van der Waals surface area contributed by atoms with Gasteiger partial charge in [0.15, 0.2) is 11.0 Å². The molecule has 4 aromatic rings.